The predicted octanol–water partition coefficient (Wildman–Crippen LogP) is 5.06. The molecule has 0 fully saturated rings. The number of hydrogen-bond donors (Lipinski definition) is 1. The average molecular weight is 295 g/mol. The molecule has 96 valence electrons. The first-order valence-electron chi connectivity index (χ1n) is 5.43. The highest BCUT2D eigenvalue weighted by atomic mass is 35.5. The summed E-state index contributed by atoms with van der Waals surface area (Å²) < 4.78 is 13.3. The summed E-state index contributed by atoms with van der Waals surface area (Å²) in [5.74, 6) is -0.499. The Morgan fingerprint density at radius 2 is 1.95 bits per heavy atom. The topological polar surface area (TPSA) is 35.8 Å². The second kappa shape index (κ2) is 5.48. The quantitative estimate of drug-likeness (QED) is 0.841. The predicted molar refractivity (Wildman–Crippen MR) is 75.6 cm³/mol. The van der Waals surface area contributed by atoms with Gasteiger partial charge in [0.05, 0.1) is 27.4 Å². The lowest BCUT2D eigenvalue weighted by Crippen LogP contribution is -1.95. The zero-order valence-electron chi connectivity index (χ0n) is 9.97. The number of rotatable bonds is 2. The molecule has 1 N–H and O–H groups in total. The van der Waals surface area contributed by atoms with Crippen LogP contribution < -0.4 is 5.32 Å². The van der Waals surface area contributed by atoms with Crippen molar-refractivity contribution in [3.63, 3.8) is 0 Å². The van der Waals surface area contributed by atoms with Gasteiger partial charge >= 0.3 is 0 Å². The second-order valence-electron chi connectivity index (χ2n) is 4.02. The molecule has 0 aliphatic carbocycles. The lowest BCUT2D eigenvalue weighted by molar-refractivity contribution is 0.628. The SMILES string of the molecule is Cc1ccc(Cl)c(Nc2cc(F)cc(C#N)c2)c1Cl. The number of nitrogens with one attached hydrogen (secondary N) is 1. The summed E-state index contributed by atoms with van der Waals surface area (Å²) in [6, 6.07) is 9.34. The van der Waals surface area contributed by atoms with E-state index in [4.69, 9.17) is 28.5 Å². The molecule has 0 aliphatic heterocycles. The molecular weight excluding hydrogens is 286 g/mol. The normalized spacial score (nSPS) is 10.1. The first kappa shape index (κ1) is 13.7. The van der Waals surface area contributed by atoms with Crippen LogP contribution in [0.2, 0.25) is 10.0 Å². The molecule has 0 amide bonds. The van der Waals surface area contributed by atoms with Crippen LogP contribution in [-0.4, -0.2) is 0 Å². The fourth-order valence-electron chi connectivity index (χ4n) is 1.64. The summed E-state index contributed by atoms with van der Waals surface area (Å²) in [6.45, 7) is 1.84. The van der Waals surface area contributed by atoms with Crippen molar-refractivity contribution in [3.05, 3.63) is 57.3 Å². The minimum Gasteiger partial charge on any atom is -0.353 e. The summed E-state index contributed by atoms with van der Waals surface area (Å²) in [5, 5.41) is 12.6. The van der Waals surface area contributed by atoms with Gasteiger partial charge in [-0.2, -0.15) is 5.26 Å². The first-order chi connectivity index (χ1) is 9.01. The summed E-state index contributed by atoms with van der Waals surface area (Å²) >= 11 is 12.2. The number of aryl methyl sites for hydroxylation is 1. The summed E-state index contributed by atoms with van der Waals surface area (Å²) in [7, 11) is 0. The van der Waals surface area contributed by atoms with Crippen molar-refractivity contribution in [2.24, 2.45) is 0 Å². The first-order valence-corrected chi connectivity index (χ1v) is 6.19. The Morgan fingerprint density at radius 1 is 1.21 bits per heavy atom. The molecule has 2 aromatic carbocycles. The molecule has 0 saturated carbocycles. The lowest BCUT2D eigenvalue weighted by atomic mass is 10.2. The van der Waals surface area contributed by atoms with Gasteiger partial charge in [0.1, 0.15) is 5.82 Å². The third-order valence-electron chi connectivity index (χ3n) is 2.58. The number of nitrogens with zero attached hydrogens (tertiary/aromatic N) is 1. The zero-order chi connectivity index (χ0) is 14.0. The Morgan fingerprint density at radius 3 is 2.63 bits per heavy atom. The van der Waals surface area contributed by atoms with Crippen LogP contribution >= 0.6 is 23.2 Å². The van der Waals surface area contributed by atoms with Gasteiger partial charge in [-0.1, -0.05) is 29.3 Å². The molecule has 2 rings (SSSR count). The molecular formula is C14H9Cl2FN2. The van der Waals surface area contributed by atoms with Gasteiger partial charge in [0.15, 0.2) is 0 Å². The highest BCUT2D eigenvalue weighted by molar-refractivity contribution is 6.39. The van der Waals surface area contributed by atoms with Crippen LogP contribution in [0, 0.1) is 24.1 Å². The van der Waals surface area contributed by atoms with E-state index in [1.807, 2.05) is 13.0 Å². The van der Waals surface area contributed by atoms with Gasteiger partial charge in [-0.25, -0.2) is 4.39 Å². The van der Waals surface area contributed by atoms with Gasteiger partial charge in [-0.05, 0) is 36.8 Å². The van der Waals surface area contributed by atoms with Gasteiger partial charge in [0.2, 0.25) is 0 Å². The maximum Gasteiger partial charge on any atom is 0.126 e. The molecule has 0 spiro atoms. The minimum atomic E-state index is -0.499. The Labute approximate surface area is 120 Å². The van der Waals surface area contributed by atoms with E-state index < -0.39 is 5.82 Å². The van der Waals surface area contributed by atoms with Gasteiger partial charge in [-0.15, -0.1) is 0 Å². The van der Waals surface area contributed by atoms with Crippen LogP contribution in [-0.2, 0) is 0 Å². The van der Waals surface area contributed by atoms with Gasteiger partial charge in [-0.3, -0.25) is 0 Å². The van der Waals surface area contributed by atoms with E-state index in [-0.39, 0.29) is 5.56 Å². The van der Waals surface area contributed by atoms with E-state index in [0.29, 0.717) is 21.4 Å². The van der Waals surface area contributed by atoms with Crippen LogP contribution in [0.3, 0.4) is 0 Å². The maximum atomic E-state index is 13.3. The Kier molecular flexibility index (Phi) is 3.94. The van der Waals surface area contributed by atoms with Crippen LogP contribution in [0.1, 0.15) is 11.1 Å². The summed E-state index contributed by atoms with van der Waals surface area (Å²) in [4.78, 5) is 0. The van der Waals surface area contributed by atoms with Crippen LogP contribution in [0.4, 0.5) is 15.8 Å². The van der Waals surface area contributed by atoms with Crippen molar-refractivity contribution < 1.29 is 4.39 Å². The molecule has 0 aliphatic rings. The van der Waals surface area contributed by atoms with Crippen LogP contribution in [0.15, 0.2) is 30.3 Å². The molecule has 2 aromatic rings. The lowest BCUT2D eigenvalue weighted by Gasteiger charge is -2.12. The fourth-order valence-corrected chi connectivity index (χ4v) is 2.11. The number of benzene rings is 2. The highest BCUT2D eigenvalue weighted by Crippen LogP contribution is 2.35. The van der Waals surface area contributed by atoms with E-state index in [9.17, 15) is 4.39 Å². The molecule has 0 heterocycles. The smallest absolute Gasteiger partial charge is 0.126 e. The molecule has 19 heavy (non-hydrogen) atoms. The molecule has 0 bridgehead atoms. The van der Waals surface area contributed by atoms with Crippen molar-refractivity contribution in [2.45, 2.75) is 6.92 Å². The largest absolute Gasteiger partial charge is 0.353 e. The third-order valence-corrected chi connectivity index (χ3v) is 3.38. The van der Waals surface area contributed by atoms with Crippen molar-refractivity contribution in [2.75, 3.05) is 5.32 Å². The van der Waals surface area contributed by atoms with Crippen LogP contribution in [0.5, 0.6) is 0 Å². The van der Waals surface area contributed by atoms with Crippen LogP contribution in [0.25, 0.3) is 0 Å². The van der Waals surface area contributed by atoms with E-state index in [0.717, 1.165) is 11.6 Å². The van der Waals surface area contributed by atoms with E-state index in [2.05, 4.69) is 5.32 Å². The second-order valence-corrected chi connectivity index (χ2v) is 4.80. The number of anilines is 2. The van der Waals surface area contributed by atoms with Crippen molar-refractivity contribution in [1.29, 1.82) is 5.26 Å². The molecule has 0 atom stereocenters. The average Bonchev–Trinajstić information content (AvgIpc) is 2.38. The molecule has 5 heteroatoms. The summed E-state index contributed by atoms with van der Waals surface area (Å²) in [6.07, 6.45) is 0. The van der Waals surface area contributed by atoms with E-state index in [1.54, 1.807) is 12.1 Å². The highest BCUT2D eigenvalue weighted by Gasteiger charge is 2.09. The Bertz CT molecular complexity index is 678. The van der Waals surface area contributed by atoms with Gasteiger partial charge in [0.25, 0.3) is 0 Å². The fraction of sp³-hybridized carbons (Fsp3) is 0.0714. The Balaban J connectivity index is 2.45. The van der Waals surface area contributed by atoms with Crippen molar-refractivity contribution in [3.8, 4) is 6.07 Å². The monoisotopic (exact) mass is 294 g/mol. The van der Waals surface area contributed by atoms with Gasteiger partial charge < -0.3 is 5.32 Å². The van der Waals surface area contributed by atoms with E-state index >= 15 is 0 Å². The van der Waals surface area contributed by atoms with Crippen molar-refractivity contribution >= 4 is 34.6 Å². The molecule has 0 saturated heterocycles. The maximum absolute atomic E-state index is 13.3. The Hall–Kier alpha value is -1.76. The number of hydrogen-bond acceptors (Lipinski definition) is 2. The van der Waals surface area contributed by atoms with Gasteiger partial charge in [0, 0.05) is 5.69 Å². The number of nitriles is 1. The van der Waals surface area contributed by atoms with E-state index in [1.165, 1.54) is 12.1 Å². The molecule has 0 radical (unpaired) electrons. The standard InChI is InChI=1S/C14H9Cl2FN2/c1-8-2-3-12(15)14(13(8)16)19-11-5-9(7-18)4-10(17)6-11/h2-6,19H,1H3. The summed E-state index contributed by atoms with van der Waals surface area (Å²) in [5.41, 5.74) is 2.00. The van der Waals surface area contributed by atoms with Crippen molar-refractivity contribution in [1.82, 2.24) is 0 Å². The number of halogens is 3. The molecule has 0 unspecified atom stereocenters. The molecule has 0 aromatic heterocycles. The molecule has 2 nitrogen and oxygen atoms in total. The zero-order valence-corrected chi connectivity index (χ0v) is 11.5. The minimum absolute atomic E-state index is 0.224. The third kappa shape index (κ3) is 2.98.